The maximum absolute atomic E-state index is 5.63. The highest BCUT2D eigenvalue weighted by molar-refractivity contribution is 14.0. The summed E-state index contributed by atoms with van der Waals surface area (Å²) in [7, 11) is 0. The summed E-state index contributed by atoms with van der Waals surface area (Å²) in [5, 5.41) is 6.72. The van der Waals surface area contributed by atoms with E-state index in [1.165, 1.54) is 12.8 Å². The Morgan fingerprint density at radius 3 is 2.48 bits per heavy atom. The molecule has 0 saturated heterocycles. The Morgan fingerprint density at radius 2 is 1.87 bits per heavy atom. The zero-order valence-corrected chi connectivity index (χ0v) is 17.6. The molecule has 2 N–H and O–H groups in total. The van der Waals surface area contributed by atoms with Crippen LogP contribution in [-0.4, -0.2) is 63.3 Å². The van der Waals surface area contributed by atoms with Crippen molar-refractivity contribution in [2.24, 2.45) is 10.9 Å². The summed E-state index contributed by atoms with van der Waals surface area (Å²) >= 11 is 0. The lowest BCUT2D eigenvalue weighted by molar-refractivity contribution is 0.123. The molecule has 0 bridgehead atoms. The van der Waals surface area contributed by atoms with E-state index in [-0.39, 0.29) is 24.0 Å². The van der Waals surface area contributed by atoms with Crippen LogP contribution in [0.1, 0.15) is 46.5 Å². The molecular weight excluding hydrogens is 403 g/mol. The monoisotopic (exact) mass is 440 g/mol. The molecule has 0 spiro atoms. The van der Waals surface area contributed by atoms with E-state index in [9.17, 15) is 0 Å². The van der Waals surface area contributed by atoms with Crippen molar-refractivity contribution in [2.75, 3.05) is 52.5 Å². The van der Waals surface area contributed by atoms with Crippen LogP contribution in [0.15, 0.2) is 4.99 Å². The van der Waals surface area contributed by atoms with E-state index in [1.54, 1.807) is 0 Å². The zero-order valence-electron chi connectivity index (χ0n) is 15.3. The molecule has 1 rings (SSSR count). The molecule has 0 heterocycles. The zero-order chi connectivity index (χ0) is 16.0. The second-order valence-corrected chi connectivity index (χ2v) is 5.94. The van der Waals surface area contributed by atoms with E-state index in [2.05, 4.69) is 41.3 Å². The van der Waals surface area contributed by atoms with Gasteiger partial charge in [-0.2, -0.15) is 0 Å². The van der Waals surface area contributed by atoms with Gasteiger partial charge in [-0.15, -0.1) is 24.0 Å². The van der Waals surface area contributed by atoms with Gasteiger partial charge in [0.25, 0.3) is 0 Å². The summed E-state index contributed by atoms with van der Waals surface area (Å²) in [6.07, 6.45) is 4.87. The summed E-state index contributed by atoms with van der Waals surface area (Å²) in [6.45, 7) is 14.4. The number of aliphatic imine (C=N–C) groups is 1. The Kier molecular flexibility index (Phi) is 15.4. The van der Waals surface area contributed by atoms with E-state index in [4.69, 9.17) is 4.74 Å². The van der Waals surface area contributed by atoms with Gasteiger partial charge in [0.2, 0.25) is 0 Å². The third-order valence-corrected chi connectivity index (χ3v) is 3.95. The van der Waals surface area contributed by atoms with Crippen molar-refractivity contribution in [1.29, 1.82) is 0 Å². The number of rotatable bonds is 13. The van der Waals surface area contributed by atoms with Crippen LogP contribution in [0.3, 0.4) is 0 Å². The van der Waals surface area contributed by atoms with Crippen LogP contribution in [0, 0.1) is 5.92 Å². The fourth-order valence-electron chi connectivity index (χ4n) is 2.28. The van der Waals surface area contributed by atoms with E-state index < -0.39 is 0 Å². The van der Waals surface area contributed by atoms with Gasteiger partial charge in [0.15, 0.2) is 5.96 Å². The number of hydrogen-bond donors (Lipinski definition) is 2. The molecule has 0 aromatic carbocycles. The number of nitrogens with one attached hydrogen (secondary N) is 2. The molecule has 0 radical (unpaired) electrons. The molecule has 0 aromatic heterocycles. The standard InChI is InChI=1S/C17H36N4O.HI/c1-4-18-17(19-11-7-13-21(5-2)6-3)20-12-8-14-22-15-16-9-10-16;/h16H,4-15H2,1-3H3,(H2,18,19,20);1H. The van der Waals surface area contributed by atoms with Crippen LogP contribution in [0.5, 0.6) is 0 Å². The minimum Gasteiger partial charge on any atom is -0.381 e. The van der Waals surface area contributed by atoms with Gasteiger partial charge in [-0.1, -0.05) is 13.8 Å². The van der Waals surface area contributed by atoms with E-state index >= 15 is 0 Å². The molecule has 138 valence electrons. The maximum Gasteiger partial charge on any atom is 0.191 e. The lowest BCUT2D eigenvalue weighted by atomic mass is 10.3. The molecule has 1 saturated carbocycles. The Hall–Kier alpha value is -0.0800. The smallest absolute Gasteiger partial charge is 0.191 e. The maximum atomic E-state index is 5.63. The van der Waals surface area contributed by atoms with Crippen LogP contribution in [-0.2, 0) is 4.74 Å². The summed E-state index contributed by atoms with van der Waals surface area (Å²) in [4.78, 5) is 7.05. The quantitative estimate of drug-likeness (QED) is 0.200. The van der Waals surface area contributed by atoms with E-state index in [0.29, 0.717) is 0 Å². The van der Waals surface area contributed by atoms with E-state index in [0.717, 1.165) is 77.2 Å². The number of halogens is 1. The van der Waals surface area contributed by atoms with Crippen molar-refractivity contribution >= 4 is 29.9 Å². The largest absolute Gasteiger partial charge is 0.381 e. The molecule has 1 fully saturated rings. The van der Waals surface area contributed by atoms with Gasteiger partial charge in [0.1, 0.15) is 0 Å². The highest BCUT2D eigenvalue weighted by Crippen LogP contribution is 2.28. The average Bonchev–Trinajstić information content (AvgIpc) is 3.35. The first kappa shape index (κ1) is 22.9. The fourth-order valence-corrected chi connectivity index (χ4v) is 2.28. The lowest BCUT2D eigenvalue weighted by Gasteiger charge is -2.18. The van der Waals surface area contributed by atoms with Crippen molar-refractivity contribution in [3.05, 3.63) is 0 Å². The predicted octanol–water partition coefficient (Wildman–Crippen LogP) is 2.71. The number of guanidine groups is 1. The molecule has 23 heavy (non-hydrogen) atoms. The van der Waals surface area contributed by atoms with Crippen LogP contribution < -0.4 is 10.6 Å². The SMILES string of the molecule is CCNC(=NCCCOCC1CC1)NCCCN(CC)CC.I. The highest BCUT2D eigenvalue weighted by atomic mass is 127. The molecule has 0 amide bonds. The predicted molar refractivity (Wildman–Crippen MR) is 110 cm³/mol. The van der Waals surface area contributed by atoms with Crippen LogP contribution in [0.4, 0.5) is 0 Å². The fraction of sp³-hybridized carbons (Fsp3) is 0.941. The third kappa shape index (κ3) is 12.9. The minimum absolute atomic E-state index is 0. The van der Waals surface area contributed by atoms with Gasteiger partial charge < -0.3 is 20.3 Å². The van der Waals surface area contributed by atoms with Gasteiger partial charge in [0.05, 0.1) is 0 Å². The Balaban J connectivity index is 0.00000484. The van der Waals surface area contributed by atoms with Gasteiger partial charge in [-0.25, -0.2) is 0 Å². The third-order valence-electron chi connectivity index (χ3n) is 3.95. The van der Waals surface area contributed by atoms with Crippen molar-refractivity contribution in [3.63, 3.8) is 0 Å². The molecule has 0 aliphatic heterocycles. The molecular formula is C17H37IN4O. The summed E-state index contributed by atoms with van der Waals surface area (Å²) in [5.74, 6) is 1.79. The molecule has 5 nitrogen and oxygen atoms in total. The Bertz CT molecular complexity index is 294. The number of hydrogen-bond acceptors (Lipinski definition) is 3. The van der Waals surface area contributed by atoms with Crippen molar-refractivity contribution < 1.29 is 4.74 Å². The average molecular weight is 440 g/mol. The molecule has 1 aliphatic rings. The van der Waals surface area contributed by atoms with Crippen LogP contribution in [0.2, 0.25) is 0 Å². The highest BCUT2D eigenvalue weighted by Gasteiger charge is 2.20. The van der Waals surface area contributed by atoms with Gasteiger partial charge >= 0.3 is 0 Å². The first-order valence-corrected chi connectivity index (χ1v) is 9.12. The normalized spacial score (nSPS) is 14.7. The number of ether oxygens (including phenoxy) is 1. The molecule has 1 aliphatic carbocycles. The first-order chi connectivity index (χ1) is 10.8. The minimum atomic E-state index is 0. The van der Waals surface area contributed by atoms with Crippen LogP contribution >= 0.6 is 24.0 Å². The first-order valence-electron chi connectivity index (χ1n) is 9.12. The second kappa shape index (κ2) is 15.4. The summed E-state index contributed by atoms with van der Waals surface area (Å²) in [5.41, 5.74) is 0. The number of nitrogens with zero attached hydrogens (tertiary/aromatic N) is 2. The molecule has 0 atom stereocenters. The second-order valence-electron chi connectivity index (χ2n) is 5.94. The molecule has 0 aromatic rings. The summed E-state index contributed by atoms with van der Waals surface area (Å²) in [6, 6.07) is 0. The van der Waals surface area contributed by atoms with Crippen molar-refractivity contribution in [2.45, 2.75) is 46.5 Å². The van der Waals surface area contributed by atoms with Crippen LogP contribution in [0.25, 0.3) is 0 Å². The van der Waals surface area contributed by atoms with Gasteiger partial charge in [-0.05, 0) is 58.2 Å². The van der Waals surface area contributed by atoms with Gasteiger partial charge in [-0.3, -0.25) is 4.99 Å². The Morgan fingerprint density at radius 1 is 1.13 bits per heavy atom. The summed E-state index contributed by atoms with van der Waals surface area (Å²) < 4.78 is 5.63. The Labute approximate surface area is 160 Å². The van der Waals surface area contributed by atoms with Crippen molar-refractivity contribution in [1.82, 2.24) is 15.5 Å². The van der Waals surface area contributed by atoms with Gasteiger partial charge in [0, 0.05) is 32.8 Å². The molecule has 0 unspecified atom stereocenters. The van der Waals surface area contributed by atoms with Crippen molar-refractivity contribution in [3.8, 4) is 0 Å². The lowest BCUT2D eigenvalue weighted by Crippen LogP contribution is -2.39. The topological polar surface area (TPSA) is 48.9 Å². The van der Waals surface area contributed by atoms with E-state index in [1.807, 2.05) is 0 Å². The molecule has 6 heteroatoms.